The Bertz CT molecular complexity index is 555. The monoisotopic (exact) mass is 254 g/mol. The van der Waals surface area contributed by atoms with Crippen molar-refractivity contribution in [1.82, 2.24) is 4.90 Å². The molecule has 1 saturated heterocycles. The number of aliphatic imine (C=N–C) groups is 1. The van der Waals surface area contributed by atoms with Gasteiger partial charge in [-0.2, -0.15) is 0 Å². The van der Waals surface area contributed by atoms with E-state index in [1.54, 1.807) is 0 Å². The summed E-state index contributed by atoms with van der Waals surface area (Å²) in [4.78, 5) is 18.7. The van der Waals surface area contributed by atoms with Gasteiger partial charge in [0.25, 0.3) is 5.91 Å². The fourth-order valence-electron chi connectivity index (χ4n) is 2.57. The number of fused-ring (bicyclic) bond motifs is 1. The van der Waals surface area contributed by atoms with Gasteiger partial charge in [-0.25, -0.2) is 4.99 Å². The maximum Gasteiger partial charge on any atom is 0.277 e. The lowest BCUT2D eigenvalue weighted by atomic mass is 10.1. The number of carbonyl (C=O) groups excluding carboxylic acids is 1. The van der Waals surface area contributed by atoms with Crippen LogP contribution in [0.2, 0.25) is 0 Å². The third kappa shape index (κ3) is 2.46. The quantitative estimate of drug-likeness (QED) is 0.709. The molecule has 1 aromatic carbocycles. The third-order valence-corrected chi connectivity index (χ3v) is 3.69. The Balaban J connectivity index is 1.89. The minimum atomic E-state index is 0.0671. The molecule has 0 spiro atoms. The van der Waals surface area contributed by atoms with Crippen molar-refractivity contribution < 1.29 is 4.79 Å². The van der Waals surface area contributed by atoms with Crippen LogP contribution < -0.4 is 0 Å². The first-order chi connectivity index (χ1) is 9.24. The van der Waals surface area contributed by atoms with Crippen LogP contribution >= 0.6 is 0 Å². The van der Waals surface area contributed by atoms with Gasteiger partial charge in [-0.3, -0.25) is 9.69 Å². The average molecular weight is 254 g/mol. The van der Waals surface area contributed by atoms with E-state index in [1.165, 1.54) is 12.0 Å². The highest BCUT2D eigenvalue weighted by molar-refractivity contribution is 6.14. The summed E-state index contributed by atoms with van der Waals surface area (Å²) < 4.78 is 0. The van der Waals surface area contributed by atoms with Crippen LogP contribution in [0.5, 0.6) is 0 Å². The maximum atomic E-state index is 12.3. The van der Waals surface area contributed by atoms with Crippen molar-refractivity contribution in [2.45, 2.75) is 32.6 Å². The van der Waals surface area contributed by atoms with Gasteiger partial charge in [-0.05, 0) is 31.4 Å². The van der Waals surface area contributed by atoms with E-state index in [2.05, 4.69) is 24.0 Å². The molecular formula is C16H18N2O. The first kappa shape index (κ1) is 12.2. The van der Waals surface area contributed by atoms with Crippen LogP contribution in [-0.4, -0.2) is 23.2 Å². The number of rotatable bonds is 1. The van der Waals surface area contributed by atoms with Crippen LogP contribution in [0.1, 0.15) is 36.8 Å². The molecule has 3 nitrogen and oxygen atoms in total. The van der Waals surface area contributed by atoms with Crippen LogP contribution in [0.25, 0.3) is 6.08 Å². The van der Waals surface area contributed by atoms with E-state index >= 15 is 0 Å². The summed E-state index contributed by atoms with van der Waals surface area (Å²) in [5, 5.41) is 0. The van der Waals surface area contributed by atoms with Gasteiger partial charge in [0.05, 0.1) is 0 Å². The van der Waals surface area contributed by atoms with Crippen molar-refractivity contribution >= 4 is 17.8 Å². The zero-order valence-corrected chi connectivity index (χ0v) is 11.2. The van der Waals surface area contributed by atoms with Crippen molar-refractivity contribution in [2.24, 2.45) is 4.99 Å². The molecule has 2 heterocycles. The summed E-state index contributed by atoms with van der Waals surface area (Å²) in [6.45, 7) is 2.88. The molecule has 1 fully saturated rings. The maximum absolute atomic E-state index is 12.3. The van der Waals surface area contributed by atoms with E-state index in [0.717, 1.165) is 37.2 Å². The molecule has 3 rings (SSSR count). The molecule has 2 aliphatic heterocycles. The smallest absolute Gasteiger partial charge is 0.277 e. The van der Waals surface area contributed by atoms with Crippen molar-refractivity contribution in [3.05, 3.63) is 41.1 Å². The Kier molecular flexibility index (Phi) is 3.20. The van der Waals surface area contributed by atoms with Crippen molar-refractivity contribution in [1.29, 1.82) is 0 Å². The molecule has 0 unspecified atom stereocenters. The number of aryl methyl sites for hydroxylation is 1. The van der Waals surface area contributed by atoms with Gasteiger partial charge in [0, 0.05) is 13.0 Å². The summed E-state index contributed by atoms with van der Waals surface area (Å²) in [6.07, 6.45) is 6.24. The number of amides is 1. The summed E-state index contributed by atoms with van der Waals surface area (Å²) in [5.41, 5.74) is 2.84. The Morgan fingerprint density at radius 1 is 1.16 bits per heavy atom. The predicted molar refractivity (Wildman–Crippen MR) is 76.8 cm³/mol. The highest BCUT2D eigenvalue weighted by Crippen LogP contribution is 2.24. The zero-order chi connectivity index (χ0) is 13.2. The lowest BCUT2D eigenvalue weighted by Crippen LogP contribution is -2.31. The summed E-state index contributed by atoms with van der Waals surface area (Å²) in [5.74, 6) is 1.03. The fourth-order valence-corrected chi connectivity index (χ4v) is 2.57. The van der Waals surface area contributed by atoms with E-state index < -0.39 is 0 Å². The molecule has 0 saturated carbocycles. The van der Waals surface area contributed by atoms with Gasteiger partial charge in [0.1, 0.15) is 11.5 Å². The average Bonchev–Trinajstić information content (AvgIpc) is 2.60. The van der Waals surface area contributed by atoms with Gasteiger partial charge < -0.3 is 0 Å². The first-order valence-corrected chi connectivity index (χ1v) is 6.92. The molecule has 19 heavy (non-hydrogen) atoms. The molecule has 0 radical (unpaired) electrons. The second-order valence-corrected chi connectivity index (χ2v) is 5.24. The molecule has 0 aromatic heterocycles. The highest BCUT2D eigenvalue weighted by Gasteiger charge is 2.30. The van der Waals surface area contributed by atoms with Crippen molar-refractivity contribution in [2.75, 3.05) is 6.54 Å². The van der Waals surface area contributed by atoms with E-state index in [-0.39, 0.29) is 5.91 Å². The number of carbonyl (C=O) groups is 1. The normalized spacial score (nSPS) is 21.3. The standard InChI is InChI=1S/C16H18N2O/c1-12-6-8-13(9-7-12)11-14-16(19)18-10-4-2-3-5-15(18)17-14/h6-9,11H,2-5,10H2,1H3/b14-11+. The number of nitrogens with zero attached hydrogens (tertiary/aromatic N) is 2. The molecule has 2 aliphatic rings. The van der Waals surface area contributed by atoms with Crippen molar-refractivity contribution in [3.8, 4) is 0 Å². The van der Waals surface area contributed by atoms with Crippen LogP contribution in [-0.2, 0) is 4.79 Å². The second kappa shape index (κ2) is 5.00. The minimum absolute atomic E-state index is 0.0671. The van der Waals surface area contributed by atoms with Gasteiger partial charge >= 0.3 is 0 Å². The van der Waals surface area contributed by atoms with Gasteiger partial charge in [-0.1, -0.05) is 36.2 Å². The first-order valence-electron chi connectivity index (χ1n) is 6.92. The van der Waals surface area contributed by atoms with Crippen LogP contribution in [0.15, 0.2) is 35.0 Å². The van der Waals surface area contributed by atoms with Gasteiger partial charge in [-0.15, -0.1) is 0 Å². The lowest BCUT2D eigenvalue weighted by molar-refractivity contribution is -0.122. The van der Waals surface area contributed by atoms with Crippen LogP contribution in [0.4, 0.5) is 0 Å². The number of amidine groups is 1. The molecule has 1 amide bonds. The van der Waals surface area contributed by atoms with Crippen molar-refractivity contribution in [3.63, 3.8) is 0 Å². The lowest BCUT2D eigenvalue weighted by Gasteiger charge is -2.13. The molecule has 3 heteroatoms. The Morgan fingerprint density at radius 2 is 1.95 bits per heavy atom. The number of hydrogen-bond acceptors (Lipinski definition) is 2. The topological polar surface area (TPSA) is 32.7 Å². The van der Waals surface area contributed by atoms with E-state index in [1.807, 2.05) is 23.1 Å². The van der Waals surface area contributed by atoms with E-state index in [4.69, 9.17) is 0 Å². The zero-order valence-electron chi connectivity index (χ0n) is 11.2. The molecule has 0 N–H and O–H groups in total. The van der Waals surface area contributed by atoms with E-state index in [9.17, 15) is 4.79 Å². The minimum Gasteiger partial charge on any atom is -0.295 e. The molecule has 1 aromatic rings. The fraction of sp³-hybridized carbons (Fsp3) is 0.375. The van der Waals surface area contributed by atoms with Gasteiger partial charge in [0.15, 0.2) is 0 Å². The Hall–Kier alpha value is -1.90. The second-order valence-electron chi connectivity index (χ2n) is 5.24. The Morgan fingerprint density at radius 3 is 2.74 bits per heavy atom. The predicted octanol–water partition coefficient (Wildman–Crippen LogP) is 3.15. The molecular weight excluding hydrogens is 236 g/mol. The molecule has 0 aliphatic carbocycles. The SMILES string of the molecule is Cc1ccc(/C=C2/N=C3CCCCCN3C2=O)cc1. The van der Waals surface area contributed by atoms with Crippen LogP contribution in [0, 0.1) is 6.92 Å². The molecule has 0 bridgehead atoms. The highest BCUT2D eigenvalue weighted by atomic mass is 16.2. The summed E-state index contributed by atoms with van der Waals surface area (Å²) in [7, 11) is 0. The Labute approximate surface area is 113 Å². The number of hydrogen-bond donors (Lipinski definition) is 0. The third-order valence-electron chi connectivity index (χ3n) is 3.69. The van der Waals surface area contributed by atoms with Crippen LogP contribution in [0.3, 0.4) is 0 Å². The number of benzene rings is 1. The van der Waals surface area contributed by atoms with Gasteiger partial charge in [0.2, 0.25) is 0 Å². The summed E-state index contributed by atoms with van der Waals surface area (Å²) in [6, 6.07) is 8.16. The molecule has 0 atom stereocenters. The molecule has 98 valence electrons. The largest absolute Gasteiger partial charge is 0.295 e. The van der Waals surface area contributed by atoms with E-state index in [0.29, 0.717) is 5.70 Å². The summed E-state index contributed by atoms with van der Waals surface area (Å²) >= 11 is 0.